The topological polar surface area (TPSA) is 69.4 Å². The van der Waals surface area contributed by atoms with Crippen LogP contribution in [0.25, 0.3) is 10.9 Å². The van der Waals surface area contributed by atoms with Crippen LogP contribution in [0.2, 0.25) is 0 Å². The molecule has 1 aliphatic rings. The number of carbonyl (C=O) groups excluding carboxylic acids is 1. The van der Waals surface area contributed by atoms with E-state index in [9.17, 15) is 4.79 Å². The lowest BCUT2D eigenvalue weighted by molar-refractivity contribution is -0.870. The number of aromatic nitrogens is 1. The molecule has 0 saturated carbocycles. The number of likely N-dealkylation sites (N-methyl/N-ethyl adjacent to an activating group) is 2. The Labute approximate surface area is 188 Å². The SMILES string of the molecule is COc1ccc(CC[NH+](C)CC(=O)Nc2c3c([nH+]c4ccccc24)N(C)CC3)cc1OC. The van der Waals surface area contributed by atoms with Crippen LogP contribution in [0, 0.1) is 0 Å². The van der Waals surface area contributed by atoms with Gasteiger partial charge in [0.1, 0.15) is 5.52 Å². The Balaban J connectivity index is 1.43. The highest BCUT2D eigenvalue weighted by atomic mass is 16.5. The Bertz CT molecular complexity index is 1130. The van der Waals surface area contributed by atoms with Crippen LogP contribution in [-0.4, -0.2) is 53.9 Å². The number of para-hydroxylation sites is 1. The van der Waals surface area contributed by atoms with E-state index in [1.165, 1.54) is 5.56 Å². The van der Waals surface area contributed by atoms with E-state index in [-0.39, 0.29) is 5.91 Å². The van der Waals surface area contributed by atoms with Gasteiger partial charge in [0, 0.05) is 18.2 Å². The van der Waals surface area contributed by atoms with Crippen LogP contribution in [0.4, 0.5) is 11.5 Å². The van der Waals surface area contributed by atoms with E-state index in [0.29, 0.717) is 6.54 Å². The van der Waals surface area contributed by atoms with Crippen molar-refractivity contribution >= 4 is 28.3 Å². The molecule has 0 fully saturated rings. The second-order valence-corrected chi connectivity index (χ2v) is 8.42. The smallest absolute Gasteiger partial charge is 0.280 e. The number of hydrogen-bond donors (Lipinski definition) is 2. The van der Waals surface area contributed by atoms with Crippen molar-refractivity contribution in [1.29, 1.82) is 0 Å². The fourth-order valence-electron chi connectivity index (χ4n) is 4.34. The van der Waals surface area contributed by atoms with Gasteiger partial charge in [-0.1, -0.05) is 18.2 Å². The summed E-state index contributed by atoms with van der Waals surface area (Å²) >= 11 is 0. The molecular weight excluding hydrogens is 404 g/mol. The zero-order chi connectivity index (χ0) is 22.7. The number of aromatic amines is 1. The lowest BCUT2D eigenvalue weighted by Gasteiger charge is -2.16. The van der Waals surface area contributed by atoms with Gasteiger partial charge in [0.2, 0.25) is 0 Å². The summed E-state index contributed by atoms with van der Waals surface area (Å²) in [6, 6.07) is 14.1. The number of nitrogens with zero attached hydrogens (tertiary/aromatic N) is 1. The van der Waals surface area contributed by atoms with E-state index >= 15 is 0 Å². The van der Waals surface area contributed by atoms with Gasteiger partial charge in [-0.15, -0.1) is 0 Å². The minimum Gasteiger partial charge on any atom is -0.493 e. The molecule has 7 nitrogen and oxygen atoms in total. The molecule has 1 amide bonds. The highest BCUT2D eigenvalue weighted by Crippen LogP contribution is 2.34. The predicted octanol–water partition coefficient (Wildman–Crippen LogP) is 1.36. The number of quaternary nitrogens is 1. The lowest BCUT2D eigenvalue weighted by atomic mass is 10.1. The number of H-pyrrole nitrogens is 1. The predicted molar refractivity (Wildman–Crippen MR) is 126 cm³/mol. The third-order valence-electron chi connectivity index (χ3n) is 6.13. The molecule has 0 aliphatic carbocycles. The first-order valence-corrected chi connectivity index (χ1v) is 11.0. The quantitative estimate of drug-likeness (QED) is 0.560. The molecule has 1 unspecified atom stereocenters. The Morgan fingerprint density at radius 3 is 2.72 bits per heavy atom. The minimum atomic E-state index is 0.0305. The average molecular weight is 437 g/mol. The van der Waals surface area contributed by atoms with E-state index in [1.807, 2.05) is 30.3 Å². The number of methoxy groups -OCH3 is 2. The van der Waals surface area contributed by atoms with Crippen LogP contribution in [0.5, 0.6) is 11.5 Å². The van der Waals surface area contributed by atoms with E-state index < -0.39 is 0 Å². The molecular formula is C25H32N4O3+2. The lowest BCUT2D eigenvalue weighted by Crippen LogP contribution is -3.10. The second kappa shape index (κ2) is 9.44. The van der Waals surface area contributed by atoms with Gasteiger partial charge >= 0.3 is 0 Å². The maximum atomic E-state index is 13.0. The van der Waals surface area contributed by atoms with Crippen molar-refractivity contribution in [3.8, 4) is 11.5 Å². The summed E-state index contributed by atoms with van der Waals surface area (Å²) in [5.41, 5.74) is 4.32. The fourth-order valence-corrected chi connectivity index (χ4v) is 4.34. The maximum absolute atomic E-state index is 13.0. The molecule has 3 aromatic rings. The van der Waals surface area contributed by atoms with Crippen molar-refractivity contribution < 1.29 is 24.2 Å². The largest absolute Gasteiger partial charge is 0.493 e. The molecule has 2 aromatic carbocycles. The minimum absolute atomic E-state index is 0.0305. The highest BCUT2D eigenvalue weighted by molar-refractivity contribution is 6.03. The number of rotatable bonds is 8. The molecule has 0 spiro atoms. The number of benzene rings is 2. The number of carbonyl (C=O) groups is 1. The Kier molecular flexibility index (Phi) is 6.46. The molecule has 0 saturated heterocycles. The van der Waals surface area contributed by atoms with Gasteiger partial charge < -0.3 is 19.7 Å². The first-order valence-electron chi connectivity index (χ1n) is 11.0. The monoisotopic (exact) mass is 436 g/mol. The summed E-state index contributed by atoms with van der Waals surface area (Å²) in [5.74, 6) is 2.57. The average Bonchev–Trinajstić information content (AvgIpc) is 3.17. The zero-order valence-corrected chi connectivity index (χ0v) is 19.2. The molecule has 1 aromatic heterocycles. The summed E-state index contributed by atoms with van der Waals surface area (Å²) in [5, 5.41) is 4.28. The Morgan fingerprint density at radius 1 is 1.16 bits per heavy atom. The van der Waals surface area contributed by atoms with E-state index in [4.69, 9.17) is 9.47 Å². The number of ether oxygens (including phenoxy) is 2. The summed E-state index contributed by atoms with van der Waals surface area (Å²) in [6.07, 6.45) is 1.77. The first-order chi connectivity index (χ1) is 15.5. The second-order valence-electron chi connectivity index (χ2n) is 8.42. The van der Waals surface area contributed by atoms with E-state index in [2.05, 4.69) is 41.4 Å². The van der Waals surface area contributed by atoms with Gasteiger partial charge in [-0.05, 0) is 29.8 Å². The molecule has 1 aliphatic heterocycles. The third kappa shape index (κ3) is 4.48. The summed E-state index contributed by atoms with van der Waals surface area (Å²) in [4.78, 5) is 19.8. The van der Waals surface area contributed by atoms with Crippen molar-refractivity contribution in [1.82, 2.24) is 0 Å². The van der Waals surface area contributed by atoms with Crippen LogP contribution in [0.15, 0.2) is 42.5 Å². The number of fused-ring (bicyclic) bond motifs is 2. The van der Waals surface area contributed by atoms with Gasteiger partial charge in [-0.2, -0.15) is 0 Å². The molecule has 3 N–H and O–H groups in total. The number of anilines is 2. The molecule has 1 atom stereocenters. The number of nitrogens with one attached hydrogen (secondary N) is 3. The number of hydrogen-bond acceptors (Lipinski definition) is 4. The van der Waals surface area contributed by atoms with E-state index in [1.54, 1.807) is 14.2 Å². The van der Waals surface area contributed by atoms with Gasteiger partial charge in [0.25, 0.3) is 11.7 Å². The van der Waals surface area contributed by atoms with Crippen molar-refractivity contribution in [2.75, 3.05) is 58.2 Å². The summed E-state index contributed by atoms with van der Waals surface area (Å²) in [7, 11) is 7.41. The van der Waals surface area contributed by atoms with Gasteiger partial charge in [0.15, 0.2) is 18.0 Å². The van der Waals surface area contributed by atoms with Crippen molar-refractivity contribution in [3.63, 3.8) is 0 Å². The third-order valence-corrected chi connectivity index (χ3v) is 6.13. The first kappa shape index (κ1) is 21.9. The van der Waals surface area contributed by atoms with Crippen molar-refractivity contribution in [2.45, 2.75) is 12.8 Å². The van der Waals surface area contributed by atoms with Gasteiger partial charge in [0.05, 0.1) is 52.7 Å². The molecule has 0 bridgehead atoms. The van der Waals surface area contributed by atoms with Crippen LogP contribution in [0.1, 0.15) is 11.1 Å². The highest BCUT2D eigenvalue weighted by Gasteiger charge is 2.30. The zero-order valence-electron chi connectivity index (χ0n) is 19.2. The fraction of sp³-hybridized carbons (Fsp3) is 0.360. The maximum Gasteiger partial charge on any atom is 0.280 e. The molecule has 168 valence electrons. The van der Waals surface area contributed by atoms with Crippen LogP contribution in [-0.2, 0) is 17.6 Å². The van der Waals surface area contributed by atoms with Gasteiger partial charge in [-0.3, -0.25) is 9.69 Å². The van der Waals surface area contributed by atoms with Crippen LogP contribution < -0.4 is 29.6 Å². The normalized spacial score (nSPS) is 13.7. The number of amides is 1. The number of pyridine rings is 1. The van der Waals surface area contributed by atoms with Crippen LogP contribution in [0.3, 0.4) is 0 Å². The standard InChI is InChI=1S/C25H30N4O3/c1-28(13-11-17-9-10-21(31-3)22(15-17)32-4)16-23(30)27-24-18-7-5-6-8-20(18)26-25-19(24)12-14-29(25)2/h5-10,15H,11-14,16H2,1-4H3,(H,26,27,30)/p+2. The Hall–Kier alpha value is -3.32. The summed E-state index contributed by atoms with van der Waals surface area (Å²) in [6.45, 7) is 2.19. The van der Waals surface area contributed by atoms with Gasteiger partial charge in [-0.25, -0.2) is 4.98 Å². The Morgan fingerprint density at radius 2 is 1.94 bits per heavy atom. The molecule has 32 heavy (non-hydrogen) atoms. The summed E-state index contributed by atoms with van der Waals surface area (Å²) < 4.78 is 10.7. The molecule has 0 radical (unpaired) electrons. The van der Waals surface area contributed by atoms with Crippen molar-refractivity contribution in [3.05, 3.63) is 53.6 Å². The molecule has 2 heterocycles. The van der Waals surface area contributed by atoms with E-state index in [0.717, 1.165) is 70.3 Å². The van der Waals surface area contributed by atoms with Crippen molar-refractivity contribution in [2.24, 2.45) is 0 Å². The molecule has 7 heteroatoms. The van der Waals surface area contributed by atoms with Crippen LogP contribution >= 0.6 is 0 Å². The molecule has 4 rings (SSSR count).